The number of hydrogen-bond acceptors (Lipinski definition) is 3. The van der Waals surface area contributed by atoms with Crippen LogP contribution in [0.1, 0.15) is 33.1 Å². The number of methoxy groups -OCH3 is 1. The highest BCUT2D eigenvalue weighted by atomic mass is 16.5. The van der Waals surface area contributed by atoms with E-state index in [2.05, 4.69) is 4.74 Å². The highest BCUT2D eigenvalue weighted by Gasteiger charge is 2.13. The second kappa shape index (κ2) is 5.75. The number of rotatable bonds is 5. The van der Waals surface area contributed by atoms with E-state index < -0.39 is 0 Å². The second-order valence-corrected chi connectivity index (χ2v) is 2.83. The zero-order chi connectivity index (χ0) is 9.56. The lowest BCUT2D eigenvalue weighted by atomic mass is 9.97. The molecule has 0 aliphatic rings. The van der Waals surface area contributed by atoms with Gasteiger partial charge in [0.25, 0.3) is 0 Å². The van der Waals surface area contributed by atoms with Gasteiger partial charge in [-0.15, -0.1) is 0 Å². The average Bonchev–Trinajstić information content (AvgIpc) is 2.04. The van der Waals surface area contributed by atoms with Crippen molar-refractivity contribution in [3.8, 4) is 0 Å². The van der Waals surface area contributed by atoms with E-state index in [0.29, 0.717) is 12.8 Å². The minimum atomic E-state index is -0.241. The molecule has 0 aromatic carbocycles. The first kappa shape index (κ1) is 11.1. The number of hydrogen-bond donors (Lipinski definition) is 0. The van der Waals surface area contributed by atoms with Crippen molar-refractivity contribution in [3.63, 3.8) is 0 Å². The van der Waals surface area contributed by atoms with Crippen molar-refractivity contribution < 1.29 is 14.3 Å². The van der Waals surface area contributed by atoms with Crippen LogP contribution >= 0.6 is 0 Å². The van der Waals surface area contributed by atoms with Crippen LogP contribution in [0.15, 0.2) is 0 Å². The van der Waals surface area contributed by atoms with Crippen LogP contribution in [0.3, 0.4) is 0 Å². The molecule has 0 radical (unpaired) electrons. The third-order valence-electron chi connectivity index (χ3n) is 1.99. The molecule has 0 spiro atoms. The molecule has 0 aliphatic carbocycles. The molecule has 0 saturated carbocycles. The summed E-state index contributed by atoms with van der Waals surface area (Å²) in [7, 11) is 1.36. The molecule has 0 rings (SSSR count). The summed E-state index contributed by atoms with van der Waals surface area (Å²) in [5.74, 6) is -0.0693. The van der Waals surface area contributed by atoms with Crippen LogP contribution in [-0.4, -0.2) is 18.9 Å². The van der Waals surface area contributed by atoms with Crippen LogP contribution in [-0.2, 0) is 14.3 Å². The van der Waals surface area contributed by atoms with Crippen LogP contribution in [0.25, 0.3) is 0 Å². The standard InChI is InChI=1S/C9H16O3/c1-4-8(7(2)10)5-6-9(11)12-3/h8H,4-6H2,1-3H3. The maximum absolute atomic E-state index is 10.9. The van der Waals surface area contributed by atoms with E-state index in [1.54, 1.807) is 6.92 Å². The molecule has 0 aliphatic heterocycles. The van der Waals surface area contributed by atoms with Gasteiger partial charge >= 0.3 is 5.97 Å². The largest absolute Gasteiger partial charge is 0.469 e. The molecule has 3 nitrogen and oxygen atoms in total. The molecule has 0 saturated heterocycles. The van der Waals surface area contributed by atoms with Gasteiger partial charge in [-0.25, -0.2) is 0 Å². The number of ketones is 1. The zero-order valence-corrected chi connectivity index (χ0v) is 7.92. The molecule has 0 amide bonds. The molecule has 0 aromatic heterocycles. The highest BCUT2D eigenvalue weighted by molar-refractivity contribution is 5.79. The third-order valence-corrected chi connectivity index (χ3v) is 1.99. The van der Waals surface area contributed by atoms with Gasteiger partial charge in [-0.1, -0.05) is 6.92 Å². The maximum atomic E-state index is 10.9. The summed E-state index contributed by atoms with van der Waals surface area (Å²) in [5, 5.41) is 0. The molecule has 0 aromatic rings. The molecule has 1 unspecified atom stereocenters. The van der Waals surface area contributed by atoms with Gasteiger partial charge in [0, 0.05) is 12.3 Å². The maximum Gasteiger partial charge on any atom is 0.305 e. The number of esters is 1. The topological polar surface area (TPSA) is 43.4 Å². The van der Waals surface area contributed by atoms with Crippen LogP contribution in [0.2, 0.25) is 0 Å². The predicted molar refractivity (Wildman–Crippen MR) is 45.7 cm³/mol. The Morgan fingerprint density at radius 1 is 1.42 bits per heavy atom. The second-order valence-electron chi connectivity index (χ2n) is 2.83. The lowest BCUT2D eigenvalue weighted by Gasteiger charge is -2.08. The van der Waals surface area contributed by atoms with Crippen molar-refractivity contribution in [2.75, 3.05) is 7.11 Å². The molecular formula is C9H16O3. The Bertz CT molecular complexity index is 163. The molecule has 0 fully saturated rings. The fourth-order valence-electron chi connectivity index (χ4n) is 1.09. The molecule has 0 bridgehead atoms. The fourth-order valence-corrected chi connectivity index (χ4v) is 1.09. The van der Waals surface area contributed by atoms with Gasteiger partial charge in [0.2, 0.25) is 0 Å². The zero-order valence-electron chi connectivity index (χ0n) is 7.92. The lowest BCUT2D eigenvalue weighted by molar-refractivity contribution is -0.141. The SMILES string of the molecule is CCC(CCC(=O)OC)C(C)=O. The molecule has 70 valence electrons. The van der Waals surface area contributed by atoms with Gasteiger partial charge in [-0.05, 0) is 19.8 Å². The van der Waals surface area contributed by atoms with Crippen molar-refractivity contribution in [2.45, 2.75) is 33.1 Å². The normalized spacial score (nSPS) is 12.2. The van der Waals surface area contributed by atoms with E-state index in [-0.39, 0.29) is 17.7 Å². The number of carbonyl (C=O) groups excluding carboxylic acids is 2. The Kier molecular flexibility index (Phi) is 5.34. The number of Topliss-reactive ketones (excluding diaryl/α,β-unsaturated/α-hetero) is 1. The van der Waals surface area contributed by atoms with E-state index in [9.17, 15) is 9.59 Å². The Morgan fingerprint density at radius 2 is 2.00 bits per heavy atom. The summed E-state index contributed by atoms with van der Waals surface area (Å²) in [6, 6.07) is 0. The smallest absolute Gasteiger partial charge is 0.305 e. The quantitative estimate of drug-likeness (QED) is 0.591. The van der Waals surface area contributed by atoms with Gasteiger partial charge in [-0.3, -0.25) is 9.59 Å². The summed E-state index contributed by atoms with van der Waals surface area (Å²) >= 11 is 0. The number of ether oxygens (including phenoxy) is 1. The number of carbonyl (C=O) groups is 2. The summed E-state index contributed by atoms with van der Waals surface area (Å²) in [6.45, 7) is 3.51. The van der Waals surface area contributed by atoms with Crippen LogP contribution < -0.4 is 0 Å². The van der Waals surface area contributed by atoms with Crippen LogP contribution in [0.5, 0.6) is 0 Å². The molecule has 12 heavy (non-hydrogen) atoms. The minimum absolute atomic E-state index is 0.0177. The Labute approximate surface area is 73.1 Å². The van der Waals surface area contributed by atoms with E-state index in [4.69, 9.17) is 0 Å². The lowest BCUT2D eigenvalue weighted by Crippen LogP contribution is -2.12. The molecule has 0 N–H and O–H groups in total. The molecular weight excluding hydrogens is 156 g/mol. The Morgan fingerprint density at radius 3 is 2.33 bits per heavy atom. The van der Waals surface area contributed by atoms with Crippen molar-refractivity contribution >= 4 is 11.8 Å². The van der Waals surface area contributed by atoms with E-state index in [0.717, 1.165) is 6.42 Å². The summed E-state index contributed by atoms with van der Waals surface area (Å²) in [5.41, 5.74) is 0. The van der Waals surface area contributed by atoms with Crippen LogP contribution in [0.4, 0.5) is 0 Å². The molecule has 3 heteroatoms. The molecule has 0 heterocycles. The predicted octanol–water partition coefficient (Wildman–Crippen LogP) is 1.55. The van der Waals surface area contributed by atoms with Gasteiger partial charge in [0.15, 0.2) is 0 Å². The van der Waals surface area contributed by atoms with Gasteiger partial charge < -0.3 is 4.74 Å². The minimum Gasteiger partial charge on any atom is -0.469 e. The first-order valence-corrected chi connectivity index (χ1v) is 4.19. The first-order chi connectivity index (χ1) is 5.61. The van der Waals surface area contributed by atoms with Crippen molar-refractivity contribution in [3.05, 3.63) is 0 Å². The van der Waals surface area contributed by atoms with Crippen molar-refractivity contribution in [1.82, 2.24) is 0 Å². The monoisotopic (exact) mass is 172 g/mol. The summed E-state index contributed by atoms with van der Waals surface area (Å²) in [6.07, 6.45) is 1.75. The van der Waals surface area contributed by atoms with E-state index in [1.165, 1.54) is 7.11 Å². The van der Waals surface area contributed by atoms with Crippen molar-refractivity contribution in [2.24, 2.45) is 5.92 Å². The molecule has 1 atom stereocenters. The third kappa shape index (κ3) is 4.11. The Hall–Kier alpha value is -0.860. The van der Waals surface area contributed by atoms with Gasteiger partial charge in [0.1, 0.15) is 5.78 Å². The Balaban J connectivity index is 3.73. The highest BCUT2D eigenvalue weighted by Crippen LogP contribution is 2.12. The summed E-state index contributed by atoms with van der Waals surface area (Å²) < 4.78 is 4.47. The van der Waals surface area contributed by atoms with Crippen LogP contribution in [0, 0.1) is 5.92 Å². The summed E-state index contributed by atoms with van der Waals surface area (Å²) in [4.78, 5) is 21.6. The van der Waals surface area contributed by atoms with Crippen molar-refractivity contribution in [1.29, 1.82) is 0 Å². The van der Waals surface area contributed by atoms with E-state index in [1.807, 2.05) is 6.92 Å². The van der Waals surface area contributed by atoms with Gasteiger partial charge in [-0.2, -0.15) is 0 Å². The fraction of sp³-hybridized carbons (Fsp3) is 0.778. The van der Waals surface area contributed by atoms with E-state index >= 15 is 0 Å². The van der Waals surface area contributed by atoms with Gasteiger partial charge in [0.05, 0.1) is 7.11 Å². The average molecular weight is 172 g/mol. The first-order valence-electron chi connectivity index (χ1n) is 4.19.